The van der Waals surface area contributed by atoms with Crippen molar-refractivity contribution < 1.29 is 26.7 Å². The summed E-state index contributed by atoms with van der Waals surface area (Å²) >= 11 is 0. The number of halogens is 2. The van der Waals surface area contributed by atoms with Gasteiger partial charge in [-0.15, -0.1) is 0 Å². The van der Waals surface area contributed by atoms with Crippen molar-refractivity contribution in [3.8, 4) is 5.75 Å². The normalized spacial score (nSPS) is 12.8. The topological polar surface area (TPSA) is 86.5 Å². The van der Waals surface area contributed by atoms with Crippen LogP contribution in [0.15, 0.2) is 71.6 Å². The van der Waals surface area contributed by atoms with Crippen molar-refractivity contribution in [1.82, 2.24) is 0 Å². The number of carbonyl (C=O) groups excluding carboxylic acids is 1. The minimum absolute atomic E-state index is 0.0219. The number of carbonyl (C=O) groups is 1. The predicted molar refractivity (Wildman–Crippen MR) is 131 cm³/mol. The van der Waals surface area contributed by atoms with Gasteiger partial charge in [-0.25, -0.2) is 17.2 Å². The molecule has 0 aliphatic carbocycles. The molecule has 3 aromatic carbocycles. The molecule has 1 unspecified atom stereocenters. The molecule has 0 fully saturated rings. The summed E-state index contributed by atoms with van der Waals surface area (Å²) in [4.78, 5) is 12.5. The van der Waals surface area contributed by atoms with Crippen molar-refractivity contribution in [1.29, 1.82) is 0 Å². The van der Waals surface area contributed by atoms with Crippen LogP contribution in [-0.2, 0) is 20.2 Å². The number of benzene rings is 3. The summed E-state index contributed by atoms with van der Waals surface area (Å²) in [6.07, 6.45) is 0.898. The van der Waals surface area contributed by atoms with Gasteiger partial charge in [0.25, 0.3) is 0 Å². The fraction of sp³-hybridized carbons (Fsp3) is 0.296. The van der Waals surface area contributed by atoms with Gasteiger partial charge in [-0.3, -0.25) is 4.79 Å². The van der Waals surface area contributed by atoms with Crippen LogP contribution in [-0.4, -0.2) is 20.1 Å². The molecule has 1 atom stereocenters. The third-order valence-corrected chi connectivity index (χ3v) is 8.08. The number of primary amides is 1. The van der Waals surface area contributed by atoms with E-state index in [9.17, 15) is 22.0 Å². The first-order chi connectivity index (χ1) is 16.6. The summed E-state index contributed by atoms with van der Waals surface area (Å²) in [7, 11) is -3.36. The predicted octanol–water partition coefficient (Wildman–Crippen LogP) is 5.47. The Morgan fingerprint density at radius 3 is 1.91 bits per heavy atom. The van der Waals surface area contributed by atoms with Gasteiger partial charge in [0.1, 0.15) is 23.0 Å². The maximum Gasteiger partial charge on any atom is 0.229 e. The first-order valence-corrected chi connectivity index (χ1v) is 13.1. The molecule has 0 aliphatic heterocycles. The molecule has 35 heavy (non-hydrogen) atoms. The van der Waals surface area contributed by atoms with Gasteiger partial charge in [0.2, 0.25) is 5.91 Å². The monoisotopic (exact) mass is 501 g/mol. The van der Waals surface area contributed by atoms with Gasteiger partial charge in [-0.05, 0) is 60.4 Å². The number of hydrogen-bond acceptors (Lipinski definition) is 4. The Morgan fingerprint density at radius 2 is 1.46 bits per heavy atom. The highest BCUT2D eigenvalue weighted by atomic mass is 32.2. The average Bonchev–Trinajstić information content (AvgIpc) is 2.84. The molecule has 0 bridgehead atoms. The second-order valence-corrected chi connectivity index (χ2v) is 10.6. The third kappa shape index (κ3) is 5.53. The van der Waals surface area contributed by atoms with E-state index in [1.165, 1.54) is 24.3 Å². The molecular weight excluding hydrogens is 472 g/mol. The van der Waals surface area contributed by atoms with Crippen LogP contribution < -0.4 is 10.5 Å². The molecule has 0 aliphatic rings. The van der Waals surface area contributed by atoms with Crippen LogP contribution in [0, 0.1) is 11.6 Å². The zero-order valence-corrected chi connectivity index (χ0v) is 20.7. The van der Waals surface area contributed by atoms with E-state index in [2.05, 4.69) is 0 Å². The van der Waals surface area contributed by atoms with Crippen molar-refractivity contribution in [2.45, 2.75) is 50.0 Å². The largest absolute Gasteiger partial charge is 0.482 e. The van der Waals surface area contributed by atoms with Gasteiger partial charge < -0.3 is 10.5 Å². The van der Waals surface area contributed by atoms with E-state index in [1.54, 1.807) is 43.3 Å². The van der Waals surface area contributed by atoms with Crippen LogP contribution in [0.5, 0.6) is 5.75 Å². The number of ether oxygens (including phenoxy) is 1. The lowest BCUT2D eigenvalue weighted by Gasteiger charge is -2.33. The van der Waals surface area contributed by atoms with Gasteiger partial charge in [-0.2, -0.15) is 0 Å². The van der Waals surface area contributed by atoms with E-state index in [0.717, 1.165) is 6.07 Å². The lowest BCUT2D eigenvalue weighted by atomic mass is 9.87. The summed E-state index contributed by atoms with van der Waals surface area (Å²) in [5.74, 6) is -2.28. The summed E-state index contributed by atoms with van der Waals surface area (Å²) in [5.41, 5.74) is 6.11. The highest BCUT2D eigenvalue weighted by Crippen LogP contribution is 2.37. The average molecular weight is 502 g/mol. The second-order valence-electron chi connectivity index (χ2n) is 8.30. The number of hydrogen-bond donors (Lipinski definition) is 1. The standard InChI is InChI=1S/C27H29F2NO4S/c1-4-27(5-2,23-16-11-20(28)17-24(23)29)34-21-12-7-18(8-13-21)25(26(30)31)19-9-14-22(15-10-19)35(32,33)6-3/h7-17,25H,4-6H2,1-3H3,(H2,30,31). The zero-order valence-electron chi connectivity index (χ0n) is 19.9. The molecule has 0 saturated heterocycles. The number of amides is 1. The molecule has 186 valence electrons. The first-order valence-electron chi connectivity index (χ1n) is 11.4. The minimum Gasteiger partial charge on any atom is -0.482 e. The van der Waals surface area contributed by atoms with E-state index in [4.69, 9.17) is 10.5 Å². The first kappa shape index (κ1) is 26.3. The second kappa shape index (κ2) is 10.6. The van der Waals surface area contributed by atoms with Gasteiger partial charge in [0.15, 0.2) is 9.84 Å². The van der Waals surface area contributed by atoms with E-state index in [1.807, 2.05) is 13.8 Å². The van der Waals surface area contributed by atoms with Crippen molar-refractivity contribution >= 4 is 15.7 Å². The van der Waals surface area contributed by atoms with Crippen molar-refractivity contribution in [2.24, 2.45) is 5.73 Å². The van der Waals surface area contributed by atoms with Crippen molar-refractivity contribution in [3.05, 3.63) is 95.1 Å². The van der Waals surface area contributed by atoms with Gasteiger partial charge in [0, 0.05) is 11.6 Å². The van der Waals surface area contributed by atoms with E-state index in [-0.39, 0.29) is 16.2 Å². The van der Waals surface area contributed by atoms with Crippen molar-refractivity contribution in [3.63, 3.8) is 0 Å². The number of sulfone groups is 1. The minimum atomic E-state index is -3.36. The summed E-state index contributed by atoms with van der Waals surface area (Å²) in [6, 6.07) is 16.3. The molecular formula is C27H29F2NO4S. The lowest BCUT2D eigenvalue weighted by molar-refractivity contribution is -0.118. The maximum absolute atomic E-state index is 14.6. The summed E-state index contributed by atoms with van der Waals surface area (Å²) in [5, 5.41) is 0. The molecule has 1 amide bonds. The molecule has 3 rings (SSSR count). The van der Waals surface area contributed by atoms with Crippen LogP contribution in [0.25, 0.3) is 0 Å². The highest BCUT2D eigenvalue weighted by Gasteiger charge is 2.34. The Balaban J connectivity index is 1.91. The van der Waals surface area contributed by atoms with Crippen LogP contribution in [0.3, 0.4) is 0 Å². The molecule has 0 radical (unpaired) electrons. The molecule has 8 heteroatoms. The van der Waals surface area contributed by atoms with Gasteiger partial charge in [-0.1, -0.05) is 45.0 Å². The molecule has 2 N–H and O–H groups in total. The van der Waals surface area contributed by atoms with Crippen LogP contribution in [0.4, 0.5) is 8.78 Å². The quantitative estimate of drug-likeness (QED) is 0.399. The van der Waals surface area contributed by atoms with Crippen LogP contribution in [0.2, 0.25) is 0 Å². The number of nitrogens with two attached hydrogens (primary N) is 1. The van der Waals surface area contributed by atoms with Crippen molar-refractivity contribution in [2.75, 3.05) is 5.75 Å². The summed E-state index contributed by atoms with van der Waals surface area (Å²) < 4.78 is 58.4. The van der Waals surface area contributed by atoms with Gasteiger partial charge >= 0.3 is 0 Å². The Kier molecular flexibility index (Phi) is 7.95. The molecule has 0 spiro atoms. The van der Waals surface area contributed by atoms with E-state index >= 15 is 0 Å². The molecule has 3 aromatic rings. The van der Waals surface area contributed by atoms with Crippen LogP contribution >= 0.6 is 0 Å². The summed E-state index contributed by atoms with van der Waals surface area (Å²) in [6.45, 7) is 5.30. The Morgan fingerprint density at radius 1 is 0.914 bits per heavy atom. The molecule has 0 saturated carbocycles. The Labute approximate surface area is 204 Å². The fourth-order valence-corrected chi connectivity index (χ4v) is 5.08. The highest BCUT2D eigenvalue weighted by molar-refractivity contribution is 7.91. The SMILES string of the molecule is CCC(CC)(Oc1ccc(C(C(N)=O)c2ccc(S(=O)(=O)CC)cc2)cc1)c1ccc(F)cc1F. The Hall–Kier alpha value is -3.26. The fourth-order valence-electron chi connectivity index (χ4n) is 4.20. The maximum atomic E-state index is 14.6. The van der Waals surface area contributed by atoms with E-state index in [0.29, 0.717) is 29.7 Å². The smallest absolute Gasteiger partial charge is 0.229 e. The molecule has 0 aromatic heterocycles. The number of rotatable bonds is 10. The zero-order chi connectivity index (χ0) is 25.8. The van der Waals surface area contributed by atoms with E-state index < -0.39 is 38.9 Å². The lowest BCUT2D eigenvalue weighted by Crippen LogP contribution is -2.33. The molecule has 0 heterocycles. The van der Waals surface area contributed by atoms with Crippen LogP contribution in [0.1, 0.15) is 56.2 Å². The molecule has 5 nitrogen and oxygen atoms in total. The van der Waals surface area contributed by atoms with Gasteiger partial charge in [0.05, 0.1) is 16.6 Å². The third-order valence-electron chi connectivity index (χ3n) is 6.33. The Bertz CT molecular complexity index is 1290.